The number of unbranched alkanes of at least 4 members (excludes halogenated alkanes) is 2. The van der Waals surface area contributed by atoms with Crippen LogP contribution in [0.5, 0.6) is 0 Å². The summed E-state index contributed by atoms with van der Waals surface area (Å²) in [5.41, 5.74) is 0. The van der Waals surface area contributed by atoms with Gasteiger partial charge in [0.2, 0.25) is 0 Å². The van der Waals surface area contributed by atoms with Crippen LogP contribution in [0.3, 0.4) is 0 Å². The molecule has 136 valence electrons. The molecule has 2 aliphatic rings. The number of carboxylic acids is 1. The Hall–Kier alpha value is -1.17. The molecule has 1 aliphatic carbocycles. The highest BCUT2D eigenvalue weighted by molar-refractivity contribution is 5.66. The normalized spacial score (nSPS) is 30.6. The van der Waals surface area contributed by atoms with Gasteiger partial charge in [0, 0.05) is 24.7 Å². The second kappa shape index (κ2) is 9.97. The molecule has 0 aromatic rings. The number of hydrogen-bond acceptors (Lipinski definition) is 4. The van der Waals surface area contributed by atoms with E-state index in [9.17, 15) is 9.90 Å². The van der Waals surface area contributed by atoms with Gasteiger partial charge in [0.25, 0.3) is 0 Å². The number of rotatable bonds is 11. The van der Waals surface area contributed by atoms with Crippen LogP contribution in [-0.4, -0.2) is 34.5 Å². The molecular weight excluding hydrogens is 308 g/mol. The molecule has 1 aliphatic heterocycles. The molecular formula is C19H30O5. The molecule has 1 heterocycles. The fourth-order valence-electron chi connectivity index (χ4n) is 3.53. The molecule has 5 nitrogen and oxygen atoms in total. The van der Waals surface area contributed by atoms with E-state index in [1.807, 2.05) is 6.08 Å². The number of hydrogen-bond donors (Lipinski definition) is 2. The lowest BCUT2D eigenvalue weighted by Crippen LogP contribution is -2.28. The molecule has 0 aromatic carbocycles. The van der Waals surface area contributed by atoms with Gasteiger partial charge in [-0.1, -0.05) is 44.1 Å². The first-order chi connectivity index (χ1) is 11.6. The summed E-state index contributed by atoms with van der Waals surface area (Å²) in [5, 5.41) is 18.6. The number of allylic oxidation sites excluding steroid dienone is 2. The van der Waals surface area contributed by atoms with Crippen molar-refractivity contribution in [3.05, 3.63) is 24.3 Å². The van der Waals surface area contributed by atoms with E-state index in [0.29, 0.717) is 12.3 Å². The molecule has 5 heteroatoms. The maximum absolute atomic E-state index is 10.5. The lowest BCUT2D eigenvalue weighted by Gasteiger charge is -2.27. The molecule has 24 heavy (non-hydrogen) atoms. The van der Waals surface area contributed by atoms with Gasteiger partial charge in [0.1, 0.15) is 6.10 Å². The van der Waals surface area contributed by atoms with E-state index in [1.54, 1.807) is 0 Å². The maximum Gasteiger partial charge on any atom is 0.303 e. The third-order valence-electron chi connectivity index (χ3n) is 4.91. The van der Waals surface area contributed by atoms with Crippen molar-refractivity contribution in [2.45, 2.75) is 76.6 Å². The molecule has 5 atom stereocenters. The van der Waals surface area contributed by atoms with E-state index >= 15 is 0 Å². The van der Waals surface area contributed by atoms with Gasteiger partial charge in [0.05, 0.1) is 12.2 Å². The summed E-state index contributed by atoms with van der Waals surface area (Å²) in [4.78, 5) is 21.2. The summed E-state index contributed by atoms with van der Waals surface area (Å²) in [6, 6.07) is 0. The molecule has 0 amide bonds. The van der Waals surface area contributed by atoms with Crippen molar-refractivity contribution >= 4 is 5.97 Å². The van der Waals surface area contributed by atoms with E-state index in [2.05, 4.69) is 25.2 Å². The van der Waals surface area contributed by atoms with Gasteiger partial charge in [0.15, 0.2) is 0 Å². The molecule has 1 saturated heterocycles. The third-order valence-corrected chi connectivity index (χ3v) is 4.91. The first kappa shape index (κ1) is 19.2. The molecule has 0 aromatic heterocycles. The van der Waals surface area contributed by atoms with Gasteiger partial charge in [-0.05, 0) is 25.7 Å². The zero-order valence-electron chi connectivity index (χ0n) is 14.5. The highest BCUT2D eigenvalue weighted by atomic mass is 17.2. The summed E-state index contributed by atoms with van der Waals surface area (Å²) in [6.07, 6.45) is 14.5. The molecule has 1 saturated carbocycles. The Morgan fingerprint density at radius 3 is 2.79 bits per heavy atom. The summed E-state index contributed by atoms with van der Waals surface area (Å²) in [5.74, 6) is -0.0910. The average molecular weight is 338 g/mol. The van der Waals surface area contributed by atoms with Crippen LogP contribution in [0.1, 0.15) is 58.3 Å². The van der Waals surface area contributed by atoms with Gasteiger partial charge in [-0.15, -0.1) is 0 Å². The lowest BCUT2D eigenvalue weighted by molar-refractivity contribution is -0.336. The molecule has 2 bridgehead atoms. The van der Waals surface area contributed by atoms with Crippen molar-refractivity contribution in [2.75, 3.05) is 0 Å². The molecule has 0 spiro atoms. The van der Waals surface area contributed by atoms with Gasteiger partial charge >= 0.3 is 5.97 Å². The zero-order valence-corrected chi connectivity index (χ0v) is 14.5. The Balaban J connectivity index is 1.80. The molecule has 5 unspecified atom stereocenters. The summed E-state index contributed by atoms with van der Waals surface area (Å²) < 4.78 is 0. The molecule has 2 rings (SSSR count). The van der Waals surface area contributed by atoms with Crippen LogP contribution in [-0.2, 0) is 14.6 Å². The number of aliphatic hydroxyl groups excluding tert-OH is 1. The average Bonchev–Trinajstić information content (AvgIpc) is 3.15. The van der Waals surface area contributed by atoms with Crippen LogP contribution in [0.25, 0.3) is 0 Å². The number of aliphatic carboxylic acids is 1. The Kier molecular flexibility index (Phi) is 7.95. The monoisotopic (exact) mass is 338 g/mol. The lowest BCUT2D eigenvalue weighted by atomic mass is 9.89. The fraction of sp³-hybridized carbons (Fsp3) is 0.737. The predicted molar refractivity (Wildman–Crippen MR) is 91.3 cm³/mol. The first-order valence-electron chi connectivity index (χ1n) is 9.17. The van der Waals surface area contributed by atoms with Crippen molar-refractivity contribution in [1.29, 1.82) is 0 Å². The highest BCUT2D eigenvalue weighted by Gasteiger charge is 2.49. The van der Waals surface area contributed by atoms with Crippen molar-refractivity contribution < 1.29 is 24.8 Å². The van der Waals surface area contributed by atoms with Crippen molar-refractivity contribution in [2.24, 2.45) is 11.8 Å². The van der Waals surface area contributed by atoms with Crippen LogP contribution in [0.15, 0.2) is 24.3 Å². The minimum Gasteiger partial charge on any atom is -0.481 e. The van der Waals surface area contributed by atoms with Gasteiger partial charge in [-0.25, -0.2) is 9.78 Å². The first-order valence-corrected chi connectivity index (χ1v) is 9.17. The van der Waals surface area contributed by atoms with E-state index in [1.165, 1.54) is 0 Å². The minimum atomic E-state index is -0.742. The van der Waals surface area contributed by atoms with Crippen LogP contribution in [0.4, 0.5) is 0 Å². The van der Waals surface area contributed by atoms with Gasteiger partial charge in [-0.2, -0.15) is 0 Å². The van der Waals surface area contributed by atoms with Gasteiger partial charge in [-0.3, -0.25) is 4.79 Å². The predicted octanol–water partition coefficient (Wildman–Crippen LogP) is 3.63. The minimum absolute atomic E-state index is 0.0926. The number of carbonyl (C=O) groups is 1. The van der Waals surface area contributed by atoms with E-state index < -0.39 is 5.97 Å². The Bertz CT molecular complexity index is 445. The van der Waals surface area contributed by atoms with E-state index in [0.717, 1.165) is 38.5 Å². The van der Waals surface area contributed by atoms with Crippen LogP contribution in [0.2, 0.25) is 0 Å². The Morgan fingerprint density at radius 2 is 2.04 bits per heavy atom. The zero-order chi connectivity index (χ0) is 17.4. The quantitative estimate of drug-likeness (QED) is 0.342. The number of aliphatic hydroxyl groups is 1. The van der Waals surface area contributed by atoms with E-state index in [-0.39, 0.29) is 30.7 Å². The van der Waals surface area contributed by atoms with E-state index in [4.69, 9.17) is 14.9 Å². The molecule has 2 fully saturated rings. The van der Waals surface area contributed by atoms with Crippen molar-refractivity contribution in [3.63, 3.8) is 0 Å². The number of fused-ring (bicyclic) bond motifs is 2. The standard InChI is InChI=1S/C19H30O5/c1-2-3-8-14(20)11-12-16-15(17-13-18(16)24-23-17)9-6-4-5-7-10-19(21)22/h4,6,11-12,14-18,20H,2-3,5,7-10,13H2,1H3,(H,21,22). The Morgan fingerprint density at radius 1 is 1.25 bits per heavy atom. The highest BCUT2D eigenvalue weighted by Crippen LogP contribution is 2.44. The summed E-state index contributed by atoms with van der Waals surface area (Å²) in [6.45, 7) is 2.12. The van der Waals surface area contributed by atoms with Gasteiger partial charge < -0.3 is 10.2 Å². The van der Waals surface area contributed by atoms with Crippen molar-refractivity contribution in [1.82, 2.24) is 0 Å². The second-order valence-electron chi connectivity index (χ2n) is 6.83. The summed E-state index contributed by atoms with van der Waals surface area (Å²) in [7, 11) is 0. The van der Waals surface area contributed by atoms with Crippen LogP contribution < -0.4 is 0 Å². The SMILES string of the molecule is CCCCC(O)C=CC1C2CC(OO2)C1CC=CCCCC(=O)O. The van der Waals surface area contributed by atoms with Crippen LogP contribution in [0, 0.1) is 11.8 Å². The van der Waals surface area contributed by atoms with Crippen LogP contribution >= 0.6 is 0 Å². The second-order valence-corrected chi connectivity index (χ2v) is 6.83. The smallest absolute Gasteiger partial charge is 0.303 e. The Labute approximate surface area is 144 Å². The topological polar surface area (TPSA) is 76.0 Å². The largest absolute Gasteiger partial charge is 0.481 e. The molecule has 0 radical (unpaired) electrons. The molecule has 2 N–H and O–H groups in total. The van der Waals surface area contributed by atoms with Crippen molar-refractivity contribution in [3.8, 4) is 0 Å². The number of carboxylic acid groups (broad SMARTS) is 1. The fourth-order valence-corrected chi connectivity index (χ4v) is 3.53. The summed E-state index contributed by atoms with van der Waals surface area (Å²) >= 11 is 0. The third kappa shape index (κ3) is 5.72. The maximum atomic E-state index is 10.5.